The Morgan fingerprint density at radius 1 is 1.19 bits per heavy atom. The summed E-state index contributed by atoms with van der Waals surface area (Å²) in [6, 6.07) is 7.20. The van der Waals surface area contributed by atoms with Gasteiger partial charge in [0.15, 0.2) is 11.5 Å². The predicted molar refractivity (Wildman–Crippen MR) is 53.4 cm³/mol. The first-order valence-corrected chi connectivity index (χ1v) is 4.83. The van der Waals surface area contributed by atoms with E-state index in [9.17, 15) is 0 Å². The lowest BCUT2D eigenvalue weighted by Gasteiger charge is -2.04. The summed E-state index contributed by atoms with van der Waals surface area (Å²) in [5, 5.41) is 3.75. The molecule has 1 aliphatic heterocycles. The molecule has 0 aliphatic carbocycles. The number of fused-ring (bicyclic) bond motifs is 1. The van der Waals surface area contributed by atoms with Crippen LogP contribution < -0.4 is 14.2 Å². The maximum absolute atomic E-state index is 5.52. The Bertz CT molecular complexity index is 481. The second-order valence-corrected chi connectivity index (χ2v) is 3.29. The molecule has 5 heteroatoms. The molecule has 1 aromatic heterocycles. The van der Waals surface area contributed by atoms with Gasteiger partial charge in [-0.15, -0.1) is 0 Å². The molecule has 0 radical (unpaired) electrons. The molecule has 0 atom stereocenters. The van der Waals surface area contributed by atoms with Gasteiger partial charge < -0.3 is 18.7 Å². The van der Waals surface area contributed by atoms with Crippen LogP contribution in [0.3, 0.4) is 0 Å². The molecule has 1 aromatic carbocycles. The molecule has 0 saturated heterocycles. The van der Waals surface area contributed by atoms with E-state index in [1.807, 2.05) is 12.1 Å². The molecule has 2 aromatic rings. The van der Waals surface area contributed by atoms with Crippen molar-refractivity contribution in [3.8, 4) is 17.2 Å². The van der Waals surface area contributed by atoms with E-state index in [2.05, 4.69) is 5.16 Å². The summed E-state index contributed by atoms with van der Waals surface area (Å²) in [6.07, 6.45) is 1.51. The molecule has 82 valence electrons. The van der Waals surface area contributed by atoms with Crippen molar-refractivity contribution in [3.05, 3.63) is 36.2 Å². The van der Waals surface area contributed by atoms with Crippen LogP contribution in [0.2, 0.25) is 0 Å². The minimum Gasteiger partial charge on any atom is -0.487 e. The van der Waals surface area contributed by atoms with Crippen LogP contribution in [0.5, 0.6) is 17.2 Å². The molecule has 1 aliphatic rings. The predicted octanol–water partition coefficient (Wildman–Crippen LogP) is 1.98. The summed E-state index contributed by atoms with van der Waals surface area (Å²) >= 11 is 0. The summed E-state index contributed by atoms with van der Waals surface area (Å²) in [5.41, 5.74) is 0.748. The van der Waals surface area contributed by atoms with Gasteiger partial charge in [0.25, 0.3) is 0 Å². The standard InChI is InChI=1S/C11H9NO4/c1-2-10-11(15-7-14-10)5-9(1)13-6-8-3-4-16-12-8/h1-5H,6-7H2. The Morgan fingerprint density at radius 2 is 2.12 bits per heavy atom. The maximum atomic E-state index is 5.52. The van der Waals surface area contributed by atoms with E-state index < -0.39 is 0 Å². The number of hydrogen-bond acceptors (Lipinski definition) is 5. The molecule has 5 nitrogen and oxygen atoms in total. The average Bonchev–Trinajstić information content (AvgIpc) is 2.97. The second-order valence-electron chi connectivity index (χ2n) is 3.29. The van der Waals surface area contributed by atoms with Crippen molar-refractivity contribution in [1.29, 1.82) is 0 Å². The first-order chi connectivity index (χ1) is 7.92. The minimum atomic E-state index is 0.266. The van der Waals surface area contributed by atoms with Gasteiger partial charge in [-0.2, -0.15) is 0 Å². The van der Waals surface area contributed by atoms with Crippen LogP contribution in [0.4, 0.5) is 0 Å². The van der Waals surface area contributed by atoms with Gasteiger partial charge in [0.2, 0.25) is 6.79 Å². The highest BCUT2D eigenvalue weighted by molar-refractivity contribution is 5.46. The second kappa shape index (κ2) is 3.77. The van der Waals surface area contributed by atoms with Gasteiger partial charge in [0, 0.05) is 12.1 Å². The van der Waals surface area contributed by atoms with E-state index in [1.165, 1.54) is 6.26 Å². The van der Waals surface area contributed by atoms with Crippen LogP contribution in [-0.4, -0.2) is 11.9 Å². The lowest BCUT2D eigenvalue weighted by atomic mass is 10.3. The van der Waals surface area contributed by atoms with Crippen LogP contribution in [0.1, 0.15) is 5.69 Å². The van der Waals surface area contributed by atoms with Crippen molar-refractivity contribution in [2.24, 2.45) is 0 Å². The fourth-order valence-corrected chi connectivity index (χ4v) is 1.44. The van der Waals surface area contributed by atoms with E-state index in [1.54, 1.807) is 12.1 Å². The molecule has 0 amide bonds. The number of rotatable bonds is 3. The van der Waals surface area contributed by atoms with Crippen molar-refractivity contribution in [2.45, 2.75) is 6.61 Å². The molecule has 0 bridgehead atoms. The van der Waals surface area contributed by atoms with Gasteiger partial charge in [0.05, 0.1) is 0 Å². The SMILES string of the molecule is c1cc(COc2ccc3c(c2)OCO3)no1. The van der Waals surface area contributed by atoms with Crippen molar-refractivity contribution >= 4 is 0 Å². The van der Waals surface area contributed by atoms with Gasteiger partial charge in [-0.25, -0.2) is 0 Å². The van der Waals surface area contributed by atoms with E-state index in [4.69, 9.17) is 18.7 Å². The van der Waals surface area contributed by atoms with Crippen molar-refractivity contribution in [2.75, 3.05) is 6.79 Å². The Kier molecular flexibility index (Phi) is 2.14. The first-order valence-electron chi connectivity index (χ1n) is 4.83. The van der Waals surface area contributed by atoms with Crippen molar-refractivity contribution in [1.82, 2.24) is 5.16 Å². The number of benzene rings is 1. The van der Waals surface area contributed by atoms with Gasteiger partial charge >= 0.3 is 0 Å². The summed E-state index contributed by atoms with van der Waals surface area (Å²) in [5.74, 6) is 2.17. The van der Waals surface area contributed by atoms with Crippen LogP contribution in [-0.2, 0) is 6.61 Å². The summed E-state index contributed by atoms with van der Waals surface area (Å²) in [6.45, 7) is 0.637. The highest BCUT2D eigenvalue weighted by Crippen LogP contribution is 2.35. The molecule has 2 heterocycles. The quantitative estimate of drug-likeness (QED) is 0.790. The van der Waals surface area contributed by atoms with Gasteiger partial charge in [-0.3, -0.25) is 0 Å². The highest BCUT2D eigenvalue weighted by atomic mass is 16.7. The smallest absolute Gasteiger partial charge is 0.231 e. The molecule has 0 unspecified atom stereocenters. The molecular formula is C11H9NO4. The Morgan fingerprint density at radius 3 is 3.00 bits per heavy atom. The van der Waals surface area contributed by atoms with E-state index >= 15 is 0 Å². The Labute approximate surface area is 91.5 Å². The molecule has 0 saturated carbocycles. The minimum absolute atomic E-state index is 0.266. The lowest BCUT2D eigenvalue weighted by molar-refractivity contribution is 0.173. The zero-order chi connectivity index (χ0) is 10.8. The third-order valence-electron chi connectivity index (χ3n) is 2.22. The number of hydrogen-bond donors (Lipinski definition) is 0. The number of aromatic nitrogens is 1. The van der Waals surface area contributed by atoms with E-state index in [-0.39, 0.29) is 6.79 Å². The fraction of sp³-hybridized carbons (Fsp3) is 0.182. The molecule has 0 fully saturated rings. The number of ether oxygens (including phenoxy) is 3. The highest BCUT2D eigenvalue weighted by Gasteiger charge is 2.13. The zero-order valence-electron chi connectivity index (χ0n) is 8.38. The van der Waals surface area contributed by atoms with Crippen LogP contribution >= 0.6 is 0 Å². The topological polar surface area (TPSA) is 53.7 Å². The van der Waals surface area contributed by atoms with Crippen LogP contribution in [0, 0.1) is 0 Å². The summed E-state index contributed by atoms with van der Waals surface area (Å²) < 4.78 is 20.7. The third-order valence-corrected chi connectivity index (χ3v) is 2.22. The third kappa shape index (κ3) is 1.67. The summed E-state index contributed by atoms with van der Waals surface area (Å²) in [7, 11) is 0. The van der Waals surface area contributed by atoms with Gasteiger partial charge in [0.1, 0.15) is 24.3 Å². The Hall–Kier alpha value is -2.17. The fourth-order valence-electron chi connectivity index (χ4n) is 1.44. The number of nitrogens with zero attached hydrogens (tertiary/aromatic N) is 1. The van der Waals surface area contributed by atoms with Gasteiger partial charge in [-0.05, 0) is 12.1 Å². The lowest BCUT2D eigenvalue weighted by Crippen LogP contribution is -1.95. The molecule has 0 spiro atoms. The van der Waals surface area contributed by atoms with Gasteiger partial charge in [-0.1, -0.05) is 5.16 Å². The monoisotopic (exact) mass is 219 g/mol. The van der Waals surface area contributed by atoms with Crippen LogP contribution in [0.25, 0.3) is 0 Å². The summed E-state index contributed by atoms with van der Waals surface area (Å²) in [4.78, 5) is 0. The molecular weight excluding hydrogens is 210 g/mol. The largest absolute Gasteiger partial charge is 0.487 e. The first kappa shape index (κ1) is 9.08. The normalized spacial score (nSPS) is 12.8. The molecule has 0 N–H and O–H groups in total. The van der Waals surface area contributed by atoms with E-state index in [0.29, 0.717) is 18.1 Å². The van der Waals surface area contributed by atoms with Crippen molar-refractivity contribution in [3.63, 3.8) is 0 Å². The maximum Gasteiger partial charge on any atom is 0.231 e. The molecule has 16 heavy (non-hydrogen) atoms. The molecule has 3 rings (SSSR count). The Balaban J connectivity index is 1.71. The van der Waals surface area contributed by atoms with Crippen LogP contribution in [0.15, 0.2) is 35.1 Å². The van der Waals surface area contributed by atoms with E-state index in [0.717, 1.165) is 11.4 Å². The van der Waals surface area contributed by atoms with Crippen molar-refractivity contribution < 1.29 is 18.7 Å². The zero-order valence-corrected chi connectivity index (χ0v) is 8.38. The average molecular weight is 219 g/mol.